The molecule has 0 saturated heterocycles. The lowest BCUT2D eigenvalue weighted by atomic mass is 9.75. The van der Waals surface area contributed by atoms with Crippen LogP contribution in [0, 0.1) is 41.4 Å². The lowest BCUT2D eigenvalue weighted by Crippen LogP contribution is -2.34. The fourth-order valence-electron chi connectivity index (χ4n) is 4.83. The number of halogens is 1. The molecule has 0 amide bonds. The average Bonchev–Trinajstić information content (AvgIpc) is 3.04. The zero-order valence-corrected chi connectivity index (χ0v) is 18.1. The molecule has 0 aromatic heterocycles. The molecule has 26 heavy (non-hydrogen) atoms. The second kappa shape index (κ2) is 11.3. The van der Waals surface area contributed by atoms with E-state index in [0.717, 1.165) is 19.3 Å². The third-order valence-corrected chi connectivity index (χ3v) is 7.49. The van der Waals surface area contributed by atoms with Gasteiger partial charge in [0.05, 0.1) is 0 Å². The van der Waals surface area contributed by atoms with Gasteiger partial charge in [-0.3, -0.25) is 0 Å². The maximum atomic E-state index is 13.6. The molecule has 1 saturated carbocycles. The van der Waals surface area contributed by atoms with E-state index in [4.69, 9.17) is 12.2 Å². The molecule has 0 aliphatic heterocycles. The topological polar surface area (TPSA) is 26.0 Å². The predicted octanol–water partition coefficient (Wildman–Crippen LogP) is 6.75. The van der Waals surface area contributed by atoms with Gasteiger partial charge in [-0.2, -0.15) is 0 Å². The van der Waals surface area contributed by atoms with Gasteiger partial charge in [0.15, 0.2) is 0 Å². The first-order chi connectivity index (χ1) is 12.3. The molecule has 2 heteroatoms. The zero-order valence-electron chi connectivity index (χ0n) is 18.1. The van der Waals surface area contributed by atoms with Crippen LogP contribution in [0.5, 0.6) is 0 Å². The van der Waals surface area contributed by atoms with Gasteiger partial charge < -0.3 is 5.73 Å². The number of hydrogen-bond acceptors (Lipinski definition) is 1. The monoisotopic (exact) mass is 365 g/mol. The molecule has 0 aromatic rings. The van der Waals surface area contributed by atoms with Crippen molar-refractivity contribution in [1.29, 1.82) is 0 Å². The highest BCUT2D eigenvalue weighted by molar-refractivity contribution is 4.97. The standard InChI is InChI=1S/C24H44FN/c1-7-20(12-10-11-15-24(6,8-2)9-3)18(4)16-23(19(5)26)21-13-14-22(25)17-21/h1,18-23H,8-17,26H2,2-6H3/t18?,19-,20?,21?,22?,23?/m0/s1. The van der Waals surface area contributed by atoms with Crippen molar-refractivity contribution in [2.24, 2.45) is 34.8 Å². The van der Waals surface area contributed by atoms with Crippen LogP contribution >= 0.6 is 0 Å². The van der Waals surface area contributed by atoms with Crippen molar-refractivity contribution < 1.29 is 4.39 Å². The summed E-state index contributed by atoms with van der Waals surface area (Å²) in [4.78, 5) is 0. The van der Waals surface area contributed by atoms with Crippen molar-refractivity contribution in [3.8, 4) is 12.3 Å². The van der Waals surface area contributed by atoms with Crippen molar-refractivity contribution in [3.05, 3.63) is 0 Å². The highest BCUT2D eigenvalue weighted by atomic mass is 19.1. The fourth-order valence-corrected chi connectivity index (χ4v) is 4.83. The second-order valence-electron chi connectivity index (χ2n) is 9.44. The highest BCUT2D eigenvalue weighted by Gasteiger charge is 2.34. The smallest absolute Gasteiger partial charge is 0.100 e. The molecule has 0 bridgehead atoms. The summed E-state index contributed by atoms with van der Waals surface area (Å²) in [7, 11) is 0. The van der Waals surface area contributed by atoms with Crippen molar-refractivity contribution >= 4 is 0 Å². The van der Waals surface area contributed by atoms with Crippen LogP contribution < -0.4 is 5.73 Å². The first-order valence-corrected chi connectivity index (χ1v) is 11.1. The number of nitrogens with two attached hydrogens (primary N) is 1. The third-order valence-electron chi connectivity index (χ3n) is 7.49. The number of rotatable bonds is 12. The summed E-state index contributed by atoms with van der Waals surface area (Å²) in [5.41, 5.74) is 6.77. The lowest BCUT2D eigenvalue weighted by Gasteiger charge is -2.32. The summed E-state index contributed by atoms with van der Waals surface area (Å²) in [6.45, 7) is 11.4. The molecule has 2 N–H and O–H groups in total. The Morgan fingerprint density at radius 1 is 1.19 bits per heavy atom. The van der Waals surface area contributed by atoms with Crippen LogP contribution in [-0.2, 0) is 0 Å². The van der Waals surface area contributed by atoms with Gasteiger partial charge in [-0.05, 0) is 68.6 Å². The molecule has 0 aromatic carbocycles. The molecule has 152 valence electrons. The maximum absolute atomic E-state index is 13.6. The molecular weight excluding hydrogens is 321 g/mol. The second-order valence-corrected chi connectivity index (χ2v) is 9.44. The highest BCUT2D eigenvalue weighted by Crippen LogP contribution is 2.39. The van der Waals surface area contributed by atoms with E-state index in [-0.39, 0.29) is 6.04 Å². The van der Waals surface area contributed by atoms with Crippen LogP contribution in [0.15, 0.2) is 0 Å². The third kappa shape index (κ3) is 7.22. The molecule has 0 spiro atoms. The van der Waals surface area contributed by atoms with Crippen molar-refractivity contribution in [2.75, 3.05) is 0 Å². The predicted molar refractivity (Wildman–Crippen MR) is 113 cm³/mol. The molecule has 0 radical (unpaired) electrons. The van der Waals surface area contributed by atoms with Crippen molar-refractivity contribution in [2.45, 2.75) is 111 Å². The SMILES string of the molecule is C#CC(CCCCC(C)(CC)CC)C(C)CC(C1CCC(F)C1)[C@H](C)N. The minimum absolute atomic E-state index is 0.126. The first-order valence-electron chi connectivity index (χ1n) is 11.1. The molecule has 1 fully saturated rings. The van der Waals surface area contributed by atoms with Gasteiger partial charge >= 0.3 is 0 Å². The number of terminal acetylenes is 1. The van der Waals surface area contributed by atoms with Crippen LogP contribution in [-0.4, -0.2) is 12.2 Å². The lowest BCUT2D eigenvalue weighted by molar-refractivity contribution is 0.206. The Bertz CT molecular complexity index is 420. The summed E-state index contributed by atoms with van der Waals surface area (Å²) in [6, 6.07) is 0.126. The normalized spacial score (nSPS) is 25.5. The number of unbranched alkanes of at least 4 members (excludes halogenated alkanes) is 1. The summed E-state index contributed by atoms with van der Waals surface area (Å²) in [5.74, 6) is 4.71. The fraction of sp³-hybridized carbons (Fsp3) is 0.917. The van der Waals surface area contributed by atoms with Gasteiger partial charge in [-0.1, -0.05) is 53.4 Å². The van der Waals surface area contributed by atoms with Crippen molar-refractivity contribution in [1.82, 2.24) is 0 Å². The maximum Gasteiger partial charge on any atom is 0.100 e. The minimum Gasteiger partial charge on any atom is -0.328 e. The van der Waals surface area contributed by atoms with Crippen LogP contribution in [0.25, 0.3) is 0 Å². The Balaban J connectivity index is 2.48. The van der Waals surface area contributed by atoms with Gasteiger partial charge in [-0.15, -0.1) is 12.3 Å². The quantitative estimate of drug-likeness (QED) is 0.300. The van der Waals surface area contributed by atoms with Gasteiger partial charge in [0.2, 0.25) is 0 Å². The molecule has 1 rings (SSSR count). The van der Waals surface area contributed by atoms with E-state index in [1.54, 1.807) is 0 Å². The van der Waals surface area contributed by atoms with Crippen LogP contribution in [0.4, 0.5) is 4.39 Å². The van der Waals surface area contributed by atoms with Gasteiger partial charge in [-0.25, -0.2) is 4.39 Å². The van der Waals surface area contributed by atoms with E-state index >= 15 is 0 Å². The molecule has 0 heterocycles. The first kappa shape index (κ1) is 23.5. The molecule has 1 nitrogen and oxygen atoms in total. The largest absolute Gasteiger partial charge is 0.328 e. The Morgan fingerprint density at radius 3 is 2.31 bits per heavy atom. The number of alkyl halides is 1. The molecule has 1 aliphatic carbocycles. The van der Waals surface area contributed by atoms with E-state index in [1.165, 1.54) is 32.1 Å². The Morgan fingerprint density at radius 2 is 1.85 bits per heavy atom. The zero-order chi connectivity index (χ0) is 19.7. The Labute approximate surface area is 163 Å². The van der Waals surface area contributed by atoms with Crippen molar-refractivity contribution in [3.63, 3.8) is 0 Å². The molecule has 1 aliphatic rings. The minimum atomic E-state index is -0.619. The van der Waals surface area contributed by atoms with E-state index in [2.05, 4.69) is 40.5 Å². The van der Waals surface area contributed by atoms with Gasteiger partial charge in [0.1, 0.15) is 6.17 Å². The molecule has 6 atom stereocenters. The Hall–Kier alpha value is -0.550. The summed E-state index contributed by atoms with van der Waals surface area (Å²) < 4.78 is 13.6. The molecule has 5 unspecified atom stereocenters. The van der Waals surface area contributed by atoms with E-state index in [1.807, 2.05) is 0 Å². The molecular formula is C24H44FN. The van der Waals surface area contributed by atoms with Gasteiger partial charge in [0, 0.05) is 12.0 Å². The van der Waals surface area contributed by atoms with E-state index < -0.39 is 6.17 Å². The average molecular weight is 366 g/mol. The summed E-state index contributed by atoms with van der Waals surface area (Å²) >= 11 is 0. The van der Waals surface area contributed by atoms with E-state index in [0.29, 0.717) is 41.9 Å². The van der Waals surface area contributed by atoms with Crippen LogP contribution in [0.3, 0.4) is 0 Å². The van der Waals surface area contributed by atoms with Crippen LogP contribution in [0.1, 0.15) is 98.8 Å². The summed E-state index contributed by atoms with van der Waals surface area (Å²) in [6.07, 6.45) is 16.1. The Kier molecular flexibility index (Phi) is 10.2. The van der Waals surface area contributed by atoms with E-state index in [9.17, 15) is 4.39 Å². The number of hydrogen-bond donors (Lipinski definition) is 1. The van der Waals surface area contributed by atoms with Gasteiger partial charge in [0.25, 0.3) is 0 Å². The van der Waals surface area contributed by atoms with Crippen LogP contribution in [0.2, 0.25) is 0 Å². The summed E-state index contributed by atoms with van der Waals surface area (Å²) in [5, 5.41) is 0.